The van der Waals surface area contributed by atoms with Gasteiger partial charge >= 0.3 is 5.97 Å². The first-order chi connectivity index (χ1) is 14.6. The lowest BCUT2D eigenvalue weighted by Gasteiger charge is -2.23. The minimum atomic E-state index is -0.586. The Morgan fingerprint density at radius 2 is 1.67 bits per heavy atom. The second kappa shape index (κ2) is 8.74. The van der Waals surface area contributed by atoms with Gasteiger partial charge < -0.3 is 9.64 Å². The van der Waals surface area contributed by atoms with Crippen molar-refractivity contribution in [2.75, 3.05) is 11.4 Å². The number of benzene rings is 3. The van der Waals surface area contributed by atoms with Crippen LogP contribution in [-0.2, 0) is 16.1 Å². The Morgan fingerprint density at radius 3 is 2.37 bits per heavy atom. The number of hydrogen-bond acceptors (Lipinski definition) is 4. The summed E-state index contributed by atoms with van der Waals surface area (Å²) in [7, 11) is 0. The molecule has 0 N–H and O–H groups in total. The summed E-state index contributed by atoms with van der Waals surface area (Å²) < 4.78 is 19.1. The van der Waals surface area contributed by atoms with Crippen LogP contribution >= 0.6 is 0 Å². The van der Waals surface area contributed by atoms with E-state index < -0.39 is 11.8 Å². The van der Waals surface area contributed by atoms with E-state index >= 15 is 0 Å². The van der Waals surface area contributed by atoms with Crippen LogP contribution in [0.5, 0.6) is 0 Å². The summed E-state index contributed by atoms with van der Waals surface area (Å²) in [5.41, 5.74) is 3.48. The average molecular weight is 400 g/mol. The van der Waals surface area contributed by atoms with E-state index in [-0.39, 0.29) is 17.2 Å². The Kier molecular flexibility index (Phi) is 5.70. The quantitative estimate of drug-likeness (QED) is 0.422. The molecule has 5 heteroatoms. The average Bonchev–Trinajstić information content (AvgIpc) is 3.13. The van der Waals surface area contributed by atoms with Crippen LogP contribution in [0.1, 0.15) is 23.6 Å². The number of rotatable bonds is 6. The third-order valence-electron chi connectivity index (χ3n) is 4.88. The van der Waals surface area contributed by atoms with Crippen LogP contribution in [0.3, 0.4) is 0 Å². The topological polar surface area (TPSA) is 41.9 Å². The summed E-state index contributed by atoms with van der Waals surface area (Å²) in [5, 5.41) is 0. The van der Waals surface area contributed by atoms with Crippen LogP contribution in [0.25, 0.3) is 6.08 Å². The Hall–Kier alpha value is -3.73. The zero-order valence-electron chi connectivity index (χ0n) is 16.6. The first-order valence-corrected chi connectivity index (χ1v) is 9.80. The summed E-state index contributed by atoms with van der Waals surface area (Å²) >= 11 is 0. The van der Waals surface area contributed by atoms with Crippen LogP contribution in [0.2, 0.25) is 0 Å². The molecule has 4 rings (SSSR count). The van der Waals surface area contributed by atoms with Gasteiger partial charge in [0.2, 0.25) is 5.90 Å². The van der Waals surface area contributed by atoms with E-state index in [1.54, 1.807) is 18.2 Å². The molecule has 0 aromatic heterocycles. The van der Waals surface area contributed by atoms with Crippen molar-refractivity contribution in [1.29, 1.82) is 0 Å². The van der Waals surface area contributed by atoms with Crippen LogP contribution in [0.4, 0.5) is 10.1 Å². The Morgan fingerprint density at radius 1 is 0.967 bits per heavy atom. The van der Waals surface area contributed by atoms with Gasteiger partial charge in [-0.25, -0.2) is 14.2 Å². The lowest BCUT2D eigenvalue weighted by Crippen LogP contribution is -2.21. The maximum absolute atomic E-state index is 13.9. The van der Waals surface area contributed by atoms with Crippen LogP contribution in [-0.4, -0.2) is 18.4 Å². The summed E-state index contributed by atoms with van der Waals surface area (Å²) in [6.07, 6.45) is 1.65. The summed E-state index contributed by atoms with van der Waals surface area (Å²) in [6, 6.07) is 24.3. The molecule has 0 saturated carbocycles. The number of carbonyl (C=O) groups is 1. The summed E-state index contributed by atoms with van der Waals surface area (Å²) in [5.74, 6) is -1.08. The van der Waals surface area contributed by atoms with Crippen molar-refractivity contribution in [2.45, 2.75) is 13.5 Å². The van der Waals surface area contributed by atoms with E-state index in [2.05, 4.69) is 28.9 Å². The molecule has 1 heterocycles. The van der Waals surface area contributed by atoms with Crippen molar-refractivity contribution in [3.8, 4) is 0 Å². The molecule has 0 aliphatic carbocycles. The van der Waals surface area contributed by atoms with Gasteiger partial charge in [0.1, 0.15) is 5.82 Å². The van der Waals surface area contributed by atoms with Crippen LogP contribution < -0.4 is 4.90 Å². The number of nitrogens with zero attached hydrogens (tertiary/aromatic N) is 2. The summed E-state index contributed by atoms with van der Waals surface area (Å²) in [6.45, 7) is 3.81. The molecule has 3 aromatic carbocycles. The van der Waals surface area contributed by atoms with Gasteiger partial charge in [-0.15, -0.1) is 0 Å². The molecular weight excluding hydrogens is 379 g/mol. The molecule has 0 spiro atoms. The fraction of sp³-hybridized carbons (Fsp3) is 0.120. The van der Waals surface area contributed by atoms with Gasteiger partial charge in [-0.2, -0.15) is 0 Å². The van der Waals surface area contributed by atoms with Gasteiger partial charge in [-0.05, 0) is 48.4 Å². The van der Waals surface area contributed by atoms with Gasteiger partial charge in [0.15, 0.2) is 5.70 Å². The molecule has 1 aliphatic rings. The third-order valence-corrected chi connectivity index (χ3v) is 4.88. The molecule has 4 nitrogen and oxygen atoms in total. The van der Waals surface area contributed by atoms with E-state index in [9.17, 15) is 9.18 Å². The highest BCUT2D eigenvalue weighted by molar-refractivity contribution is 6.12. The highest BCUT2D eigenvalue weighted by Crippen LogP contribution is 2.23. The van der Waals surface area contributed by atoms with Crippen molar-refractivity contribution in [2.24, 2.45) is 4.99 Å². The standard InChI is InChI=1S/C25H21FN2O2/c1-2-28(17-19-8-4-3-5-9-19)20-14-12-18(13-15-20)16-23-25(29)30-24(27-23)21-10-6-7-11-22(21)26/h3-16H,2,17H2,1H3/b23-16-. The molecule has 0 atom stereocenters. The number of aliphatic imine (C=N–C) groups is 1. The Balaban J connectivity index is 1.53. The van der Waals surface area contributed by atoms with E-state index in [0.29, 0.717) is 0 Å². The number of anilines is 1. The predicted molar refractivity (Wildman–Crippen MR) is 117 cm³/mol. The van der Waals surface area contributed by atoms with Crippen molar-refractivity contribution >= 4 is 23.6 Å². The molecule has 150 valence electrons. The molecule has 0 unspecified atom stereocenters. The second-order valence-corrected chi connectivity index (χ2v) is 6.91. The van der Waals surface area contributed by atoms with Crippen molar-refractivity contribution in [1.82, 2.24) is 0 Å². The maximum atomic E-state index is 13.9. The fourth-order valence-corrected chi connectivity index (χ4v) is 3.29. The van der Waals surface area contributed by atoms with Crippen molar-refractivity contribution in [3.63, 3.8) is 0 Å². The Labute approximate surface area is 175 Å². The molecular formula is C25H21FN2O2. The first kappa shape index (κ1) is 19.6. The van der Waals surface area contributed by atoms with Gasteiger partial charge in [0.25, 0.3) is 0 Å². The minimum absolute atomic E-state index is 0.0130. The minimum Gasteiger partial charge on any atom is -0.402 e. The molecule has 1 aliphatic heterocycles. The SMILES string of the molecule is CCN(Cc1ccccc1)c1ccc(/C=C2\N=C(c3ccccc3F)OC2=O)cc1. The van der Waals surface area contributed by atoms with E-state index in [1.165, 1.54) is 17.7 Å². The smallest absolute Gasteiger partial charge is 0.363 e. The van der Waals surface area contributed by atoms with Gasteiger partial charge in [0.05, 0.1) is 5.56 Å². The lowest BCUT2D eigenvalue weighted by molar-refractivity contribution is -0.129. The molecule has 30 heavy (non-hydrogen) atoms. The molecule has 0 bridgehead atoms. The predicted octanol–water partition coefficient (Wildman–Crippen LogP) is 5.20. The largest absolute Gasteiger partial charge is 0.402 e. The zero-order chi connectivity index (χ0) is 20.9. The molecule has 0 radical (unpaired) electrons. The maximum Gasteiger partial charge on any atom is 0.363 e. The third kappa shape index (κ3) is 4.30. The van der Waals surface area contributed by atoms with E-state index in [1.807, 2.05) is 42.5 Å². The van der Waals surface area contributed by atoms with E-state index in [4.69, 9.17) is 4.74 Å². The Bertz CT molecular complexity index is 1110. The monoisotopic (exact) mass is 400 g/mol. The number of esters is 1. The van der Waals surface area contributed by atoms with Crippen LogP contribution in [0, 0.1) is 5.82 Å². The molecule has 0 amide bonds. The highest BCUT2D eigenvalue weighted by atomic mass is 19.1. The second-order valence-electron chi connectivity index (χ2n) is 6.91. The zero-order valence-corrected chi connectivity index (χ0v) is 16.6. The number of halogens is 1. The number of hydrogen-bond donors (Lipinski definition) is 0. The van der Waals surface area contributed by atoms with Gasteiger partial charge in [-0.3, -0.25) is 0 Å². The normalized spacial score (nSPS) is 14.5. The lowest BCUT2D eigenvalue weighted by atomic mass is 10.1. The van der Waals surface area contributed by atoms with Gasteiger partial charge in [0, 0.05) is 18.8 Å². The van der Waals surface area contributed by atoms with Gasteiger partial charge in [-0.1, -0.05) is 54.6 Å². The van der Waals surface area contributed by atoms with Crippen LogP contribution in [0.15, 0.2) is 89.6 Å². The number of ether oxygens (including phenoxy) is 1. The van der Waals surface area contributed by atoms with E-state index in [0.717, 1.165) is 24.3 Å². The fourth-order valence-electron chi connectivity index (χ4n) is 3.29. The number of cyclic esters (lactones) is 1. The highest BCUT2D eigenvalue weighted by Gasteiger charge is 2.25. The number of carbonyl (C=O) groups excluding carboxylic acids is 1. The summed E-state index contributed by atoms with van der Waals surface area (Å²) in [4.78, 5) is 18.6. The first-order valence-electron chi connectivity index (χ1n) is 9.80. The van der Waals surface area contributed by atoms with Crippen molar-refractivity contribution in [3.05, 3.63) is 107 Å². The molecule has 0 saturated heterocycles. The van der Waals surface area contributed by atoms with Crippen molar-refractivity contribution < 1.29 is 13.9 Å². The molecule has 3 aromatic rings. The molecule has 0 fully saturated rings.